The number of carbonyl (C=O) groups excluding carboxylic acids is 1. The number of hydrogen-bond acceptors (Lipinski definition) is 3. The molecule has 3 rings (SSSR count). The lowest BCUT2D eigenvalue weighted by molar-refractivity contribution is 0.0995. The van der Waals surface area contributed by atoms with Crippen LogP contribution in [0.25, 0.3) is 6.08 Å². The normalized spacial score (nSPS) is 12.8. The zero-order valence-corrected chi connectivity index (χ0v) is 10.9. The highest BCUT2D eigenvalue weighted by molar-refractivity contribution is 5.98. The molecular formula is C17H14O3. The first kappa shape index (κ1) is 12.5. The number of carbonyl (C=O) groups is 1. The molecule has 0 aliphatic carbocycles. The van der Waals surface area contributed by atoms with Gasteiger partial charge in [0, 0.05) is 12.0 Å². The molecule has 0 amide bonds. The van der Waals surface area contributed by atoms with Crippen LogP contribution in [0.3, 0.4) is 0 Å². The van der Waals surface area contributed by atoms with E-state index in [-0.39, 0.29) is 12.6 Å². The van der Waals surface area contributed by atoms with Crippen LogP contribution in [0.5, 0.6) is 11.5 Å². The number of ketones is 1. The lowest BCUT2D eigenvalue weighted by Gasteiger charge is -2.00. The second kappa shape index (κ2) is 5.61. The Morgan fingerprint density at radius 1 is 1.05 bits per heavy atom. The lowest BCUT2D eigenvalue weighted by atomic mass is 10.1. The van der Waals surface area contributed by atoms with E-state index in [1.807, 2.05) is 42.5 Å². The highest BCUT2D eigenvalue weighted by atomic mass is 16.7. The molecule has 100 valence electrons. The number of Topliss-reactive ketones (excluding diaryl/α,β-unsaturated/α-hetero) is 1. The fourth-order valence-corrected chi connectivity index (χ4v) is 2.05. The van der Waals surface area contributed by atoms with Crippen molar-refractivity contribution in [2.75, 3.05) is 6.79 Å². The number of allylic oxidation sites excluding steroid dienone is 1. The molecule has 0 N–H and O–H groups in total. The summed E-state index contributed by atoms with van der Waals surface area (Å²) in [5.41, 5.74) is 1.73. The highest BCUT2D eigenvalue weighted by Crippen LogP contribution is 2.32. The van der Waals surface area contributed by atoms with E-state index in [0.717, 1.165) is 5.56 Å². The van der Waals surface area contributed by atoms with E-state index in [1.165, 1.54) is 0 Å². The number of fused-ring (bicyclic) bond motifs is 1. The van der Waals surface area contributed by atoms with Gasteiger partial charge in [-0.05, 0) is 23.8 Å². The van der Waals surface area contributed by atoms with Gasteiger partial charge in [0.05, 0.1) is 0 Å². The Kier molecular flexibility index (Phi) is 3.50. The van der Waals surface area contributed by atoms with Crippen LogP contribution in [0.2, 0.25) is 0 Å². The van der Waals surface area contributed by atoms with E-state index < -0.39 is 0 Å². The molecule has 2 aromatic carbocycles. The summed E-state index contributed by atoms with van der Waals surface area (Å²) in [5.74, 6) is 1.40. The number of hydrogen-bond donors (Lipinski definition) is 0. The van der Waals surface area contributed by atoms with Gasteiger partial charge in [0.1, 0.15) is 0 Å². The summed E-state index contributed by atoms with van der Waals surface area (Å²) >= 11 is 0. The molecule has 20 heavy (non-hydrogen) atoms. The van der Waals surface area contributed by atoms with Crippen LogP contribution < -0.4 is 9.47 Å². The molecule has 0 aromatic heterocycles. The summed E-state index contributed by atoms with van der Waals surface area (Å²) in [6.07, 6.45) is 4.20. The van der Waals surface area contributed by atoms with E-state index in [0.29, 0.717) is 23.5 Å². The Labute approximate surface area is 117 Å². The van der Waals surface area contributed by atoms with Crippen molar-refractivity contribution in [3.63, 3.8) is 0 Å². The third-order valence-electron chi connectivity index (χ3n) is 3.11. The fourth-order valence-electron chi connectivity index (χ4n) is 2.05. The Morgan fingerprint density at radius 2 is 1.85 bits per heavy atom. The first-order valence-electron chi connectivity index (χ1n) is 6.47. The Bertz CT molecular complexity index is 645. The number of ether oxygens (including phenoxy) is 2. The lowest BCUT2D eigenvalue weighted by Crippen LogP contribution is -1.96. The van der Waals surface area contributed by atoms with Crippen LogP contribution in [-0.2, 0) is 0 Å². The zero-order chi connectivity index (χ0) is 13.8. The van der Waals surface area contributed by atoms with Crippen LogP contribution in [0, 0.1) is 0 Å². The summed E-state index contributed by atoms with van der Waals surface area (Å²) in [5, 5.41) is 0. The molecule has 1 aliphatic heterocycles. The van der Waals surface area contributed by atoms with Crippen molar-refractivity contribution in [2.45, 2.75) is 6.42 Å². The van der Waals surface area contributed by atoms with Crippen molar-refractivity contribution >= 4 is 11.9 Å². The van der Waals surface area contributed by atoms with Gasteiger partial charge in [-0.3, -0.25) is 4.79 Å². The van der Waals surface area contributed by atoms with E-state index in [2.05, 4.69) is 0 Å². The van der Waals surface area contributed by atoms with Gasteiger partial charge in [-0.15, -0.1) is 0 Å². The molecule has 1 aliphatic rings. The maximum atomic E-state index is 12.1. The molecule has 0 saturated carbocycles. The minimum Gasteiger partial charge on any atom is -0.454 e. The predicted molar refractivity (Wildman–Crippen MR) is 77.0 cm³/mol. The van der Waals surface area contributed by atoms with Gasteiger partial charge in [-0.25, -0.2) is 0 Å². The fraction of sp³-hybridized carbons (Fsp3) is 0.118. The third-order valence-corrected chi connectivity index (χ3v) is 3.11. The molecule has 0 fully saturated rings. The van der Waals surface area contributed by atoms with E-state index in [9.17, 15) is 4.79 Å². The first-order chi connectivity index (χ1) is 9.83. The SMILES string of the molecule is O=C(CC=Cc1ccccc1)c1ccc2c(c1)OCO2. The Morgan fingerprint density at radius 3 is 2.70 bits per heavy atom. The summed E-state index contributed by atoms with van der Waals surface area (Å²) in [6, 6.07) is 15.2. The number of rotatable bonds is 4. The van der Waals surface area contributed by atoms with Crippen molar-refractivity contribution in [1.29, 1.82) is 0 Å². The van der Waals surface area contributed by atoms with Crippen LogP contribution in [0.1, 0.15) is 22.3 Å². The highest BCUT2D eigenvalue weighted by Gasteiger charge is 2.15. The quantitative estimate of drug-likeness (QED) is 0.791. The van der Waals surface area contributed by atoms with Gasteiger partial charge in [0.25, 0.3) is 0 Å². The van der Waals surface area contributed by atoms with Crippen molar-refractivity contribution in [3.8, 4) is 11.5 Å². The van der Waals surface area contributed by atoms with Crippen molar-refractivity contribution < 1.29 is 14.3 Å². The van der Waals surface area contributed by atoms with Crippen LogP contribution in [0.15, 0.2) is 54.6 Å². The molecular weight excluding hydrogens is 252 g/mol. The van der Waals surface area contributed by atoms with E-state index in [1.54, 1.807) is 18.2 Å². The van der Waals surface area contributed by atoms with Gasteiger partial charge in [-0.2, -0.15) is 0 Å². The monoisotopic (exact) mass is 266 g/mol. The number of benzene rings is 2. The van der Waals surface area contributed by atoms with Crippen molar-refractivity contribution in [1.82, 2.24) is 0 Å². The van der Waals surface area contributed by atoms with Crippen LogP contribution in [0.4, 0.5) is 0 Å². The summed E-state index contributed by atoms with van der Waals surface area (Å²) in [4.78, 5) is 12.1. The molecule has 2 aromatic rings. The molecule has 0 radical (unpaired) electrons. The van der Waals surface area contributed by atoms with Gasteiger partial charge in [-0.1, -0.05) is 42.5 Å². The standard InChI is InChI=1S/C17H14O3/c18-15(8-4-7-13-5-2-1-3-6-13)14-9-10-16-17(11-14)20-12-19-16/h1-7,9-11H,8,12H2. The summed E-state index contributed by atoms with van der Waals surface area (Å²) in [6.45, 7) is 0.223. The maximum absolute atomic E-state index is 12.1. The summed E-state index contributed by atoms with van der Waals surface area (Å²) in [7, 11) is 0. The average molecular weight is 266 g/mol. The molecule has 0 atom stereocenters. The molecule has 0 unspecified atom stereocenters. The Balaban J connectivity index is 1.66. The van der Waals surface area contributed by atoms with Crippen LogP contribution >= 0.6 is 0 Å². The Hall–Kier alpha value is -2.55. The molecule has 1 heterocycles. The van der Waals surface area contributed by atoms with Gasteiger partial charge < -0.3 is 9.47 Å². The van der Waals surface area contributed by atoms with Crippen molar-refractivity contribution in [2.24, 2.45) is 0 Å². The molecule has 3 heteroatoms. The maximum Gasteiger partial charge on any atom is 0.231 e. The van der Waals surface area contributed by atoms with Gasteiger partial charge in [0.15, 0.2) is 17.3 Å². The minimum absolute atomic E-state index is 0.0653. The minimum atomic E-state index is 0.0653. The van der Waals surface area contributed by atoms with Gasteiger partial charge in [0.2, 0.25) is 6.79 Å². The second-order valence-electron chi connectivity index (χ2n) is 4.51. The topological polar surface area (TPSA) is 35.5 Å². The molecule has 0 bridgehead atoms. The second-order valence-corrected chi connectivity index (χ2v) is 4.51. The van der Waals surface area contributed by atoms with E-state index in [4.69, 9.17) is 9.47 Å². The van der Waals surface area contributed by atoms with E-state index >= 15 is 0 Å². The average Bonchev–Trinajstić information content (AvgIpc) is 2.95. The zero-order valence-electron chi connectivity index (χ0n) is 10.9. The molecule has 0 spiro atoms. The third kappa shape index (κ3) is 2.72. The largest absolute Gasteiger partial charge is 0.454 e. The first-order valence-corrected chi connectivity index (χ1v) is 6.47. The van der Waals surface area contributed by atoms with Crippen molar-refractivity contribution in [3.05, 3.63) is 65.7 Å². The summed E-state index contributed by atoms with van der Waals surface area (Å²) < 4.78 is 10.5. The molecule has 3 nitrogen and oxygen atoms in total. The van der Waals surface area contributed by atoms with Gasteiger partial charge >= 0.3 is 0 Å². The van der Waals surface area contributed by atoms with Crippen LogP contribution in [-0.4, -0.2) is 12.6 Å². The predicted octanol–water partition coefficient (Wildman–Crippen LogP) is 3.70. The molecule has 0 saturated heterocycles. The smallest absolute Gasteiger partial charge is 0.231 e.